The Kier molecular flexibility index (Phi) is 5.99. The van der Waals surface area contributed by atoms with Gasteiger partial charge in [-0.25, -0.2) is 18.0 Å². The number of carbonyl (C=O) groups is 1. The van der Waals surface area contributed by atoms with Crippen molar-refractivity contribution in [1.82, 2.24) is 5.16 Å². The zero-order valence-corrected chi connectivity index (χ0v) is 16.9. The highest BCUT2D eigenvalue weighted by Crippen LogP contribution is 2.30. The van der Waals surface area contributed by atoms with Crippen molar-refractivity contribution in [2.24, 2.45) is 0 Å². The van der Waals surface area contributed by atoms with Crippen molar-refractivity contribution in [3.8, 4) is 11.5 Å². The van der Waals surface area contributed by atoms with E-state index in [1.54, 1.807) is 6.07 Å². The topological polar surface area (TPSA) is 61.6 Å². The number of esters is 1. The molecule has 3 aromatic carbocycles. The van der Waals surface area contributed by atoms with E-state index in [1.165, 1.54) is 12.1 Å². The van der Waals surface area contributed by atoms with Gasteiger partial charge >= 0.3 is 5.97 Å². The first-order valence-corrected chi connectivity index (χ1v) is 9.58. The van der Waals surface area contributed by atoms with Gasteiger partial charge in [0.05, 0.1) is 5.69 Å². The lowest BCUT2D eigenvalue weighted by molar-refractivity contribution is -0.141. The van der Waals surface area contributed by atoms with E-state index >= 15 is 0 Å². The second-order valence-electron chi connectivity index (χ2n) is 7.03. The van der Waals surface area contributed by atoms with Crippen molar-refractivity contribution in [2.75, 3.05) is 0 Å². The predicted octanol–water partition coefficient (Wildman–Crippen LogP) is 5.49. The minimum Gasteiger partial charge on any atom is -0.473 e. The maximum Gasteiger partial charge on any atom is 0.352 e. The Balaban J connectivity index is 1.49. The first-order valence-electron chi connectivity index (χ1n) is 9.58. The van der Waals surface area contributed by atoms with Crippen molar-refractivity contribution < 1.29 is 40.7 Å². The van der Waals surface area contributed by atoms with E-state index in [1.807, 2.05) is 30.3 Å². The molecule has 0 aliphatic heterocycles. The largest absolute Gasteiger partial charge is 0.473 e. The van der Waals surface area contributed by atoms with E-state index in [9.17, 15) is 26.7 Å². The van der Waals surface area contributed by atoms with Crippen LogP contribution >= 0.6 is 0 Å². The van der Waals surface area contributed by atoms with Crippen LogP contribution in [0.2, 0.25) is 0 Å². The average molecular weight is 463 g/mol. The van der Waals surface area contributed by atoms with Gasteiger partial charge in [-0.05, 0) is 24.6 Å². The quantitative estimate of drug-likeness (QED) is 0.125. The Hall–Kier alpha value is -3.95. The van der Waals surface area contributed by atoms with E-state index in [0.717, 1.165) is 12.5 Å². The minimum absolute atomic E-state index is 0.00257. The zero-order valence-electron chi connectivity index (χ0n) is 16.9. The molecular formula is C23H14F5NO4. The van der Waals surface area contributed by atoms with Crippen LogP contribution in [0.25, 0.3) is 11.0 Å². The third kappa shape index (κ3) is 4.36. The monoisotopic (exact) mass is 463 g/mol. The molecule has 4 aromatic rings. The summed E-state index contributed by atoms with van der Waals surface area (Å²) in [5.74, 6) is -13.8. The summed E-state index contributed by atoms with van der Waals surface area (Å²) in [5.41, 5.74) is 2.00. The number of nitrogens with zero attached hydrogens (tertiary/aromatic N) is 1. The first kappa shape index (κ1) is 22.3. The Morgan fingerprint density at radius 2 is 1.58 bits per heavy atom. The van der Waals surface area contributed by atoms with Gasteiger partial charge in [0, 0.05) is 17.9 Å². The van der Waals surface area contributed by atoms with Crippen LogP contribution in [0.3, 0.4) is 0 Å². The van der Waals surface area contributed by atoms with Crippen molar-refractivity contribution in [3.05, 3.63) is 88.9 Å². The molecule has 0 bridgehead atoms. The second kappa shape index (κ2) is 8.89. The third-order valence-electron chi connectivity index (χ3n) is 4.75. The molecule has 0 aliphatic carbocycles. The molecule has 0 amide bonds. The van der Waals surface area contributed by atoms with Crippen LogP contribution in [0.4, 0.5) is 22.0 Å². The predicted molar refractivity (Wildman–Crippen MR) is 105 cm³/mol. The van der Waals surface area contributed by atoms with Crippen molar-refractivity contribution >= 4 is 16.9 Å². The summed E-state index contributed by atoms with van der Waals surface area (Å²) < 4.78 is 82.4. The lowest BCUT2D eigenvalue weighted by Gasteiger charge is -2.15. The van der Waals surface area contributed by atoms with Crippen molar-refractivity contribution in [1.29, 1.82) is 0 Å². The van der Waals surface area contributed by atoms with Crippen molar-refractivity contribution in [2.45, 2.75) is 19.4 Å². The molecule has 0 spiro atoms. The standard InChI is InChI=1S/C23H14F5NO4/c1-11(31-22-20(27)18(25)17(24)19(26)21(22)28)23(30)32-13-7-8-14-15(29-33-16(14)10-13)9-12-5-3-2-4-6-12/h2-8,10-11H,9H2,1H3. The maximum atomic E-state index is 13.8. The fraction of sp³-hybridized carbons (Fsp3) is 0.130. The third-order valence-corrected chi connectivity index (χ3v) is 4.75. The lowest BCUT2D eigenvalue weighted by atomic mass is 10.1. The number of ether oxygens (including phenoxy) is 2. The molecule has 1 atom stereocenters. The molecule has 0 N–H and O–H groups in total. The van der Waals surface area contributed by atoms with Gasteiger partial charge in [0.25, 0.3) is 0 Å². The molecule has 1 aromatic heterocycles. The average Bonchev–Trinajstić information content (AvgIpc) is 3.21. The molecule has 1 heterocycles. The van der Waals surface area contributed by atoms with Gasteiger partial charge < -0.3 is 14.0 Å². The Bertz CT molecular complexity index is 1310. The fourth-order valence-electron chi connectivity index (χ4n) is 3.06. The highest BCUT2D eigenvalue weighted by Gasteiger charge is 2.30. The van der Waals surface area contributed by atoms with Crippen LogP contribution in [0, 0.1) is 29.1 Å². The van der Waals surface area contributed by atoms with Gasteiger partial charge in [-0.3, -0.25) is 0 Å². The summed E-state index contributed by atoms with van der Waals surface area (Å²) in [7, 11) is 0. The van der Waals surface area contributed by atoms with Crippen LogP contribution in [-0.4, -0.2) is 17.2 Å². The molecule has 10 heteroatoms. The van der Waals surface area contributed by atoms with E-state index in [0.29, 0.717) is 23.1 Å². The van der Waals surface area contributed by atoms with Gasteiger partial charge in [0.15, 0.2) is 17.4 Å². The summed E-state index contributed by atoms with van der Waals surface area (Å²) in [6.45, 7) is 1.03. The Labute approximate surface area is 183 Å². The summed E-state index contributed by atoms with van der Waals surface area (Å²) in [5, 5.41) is 4.70. The van der Waals surface area contributed by atoms with Crippen LogP contribution in [-0.2, 0) is 11.2 Å². The lowest BCUT2D eigenvalue weighted by Crippen LogP contribution is -2.29. The number of benzene rings is 3. The molecule has 0 saturated heterocycles. The zero-order chi connectivity index (χ0) is 23.7. The maximum absolute atomic E-state index is 13.8. The number of fused-ring (bicyclic) bond motifs is 1. The summed E-state index contributed by atoms with van der Waals surface area (Å²) >= 11 is 0. The van der Waals surface area contributed by atoms with Gasteiger partial charge in [-0.2, -0.15) is 8.78 Å². The molecule has 170 valence electrons. The van der Waals surface area contributed by atoms with Gasteiger partial charge in [-0.1, -0.05) is 35.5 Å². The van der Waals surface area contributed by atoms with E-state index in [2.05, 4.69) is 9.89 Å². The van der Waals surface area contributed by atoms with Crippen LogP contribution in [0.1, 0.15) is 18.2 Å². The summed E-state index contributed by atoms with van der Waals surface area (Å²) in [4.78, 5) is 12.3. The molecule has 5 nitrogen and oxygen atoms in total. The number of carbonyl (C=O) groups excluding carboxylic acids is 1. The number of hydrogen-bond donors (Lipinski definition) is 0. The first-order chi connectivity index (χ1) is 15.8. The van der Waals surface area contributed by atoms with Gasteiger partial charge in [-0.15, -0.1) is 0 Å². The molecular weight excluding hydrogens is 449 g/mol. The smallest absolute Gasteiger partial charge is 0.352 e. The molecule has 0 saturated carbocycles. The highest BCUT2D eigenvalue weighted by atomic mass is 19.2. The number of hydrogen-bond acceptors (Lipinski definition) is 5. The molecule has 4 rings (SSSR count). The Morgan fingerprint density at radius 3 is 2.24 bits per heavy atom. The fourth-order valence-corrected chi connectivity index (χ4v) is 3.06. The van der Waals surface area contributed by atoms with E-state index < -0.39 is 46.9 Å². The number of rotatable bonds is 6. The van der Waals surface area contributed by atoms with Gasteiger partial charge in [0.1, 0.15) is 5.75 Å². The van der Waals surface area contributed by atoms with Gasteiger partial charge in [0.2, 0.25) is 29.1 Å². The van der Waals surface area contributed by atoms with E-state index in [4.69, 9.17) is 9.26 Å². The minimum atomic E-state index is -2.33. The number of halogens is 5. The van der Waals surface area contributed by atoms with Crippen LogP contribution in [0.5, 0.6) is 11.5 Å². The van der Waals surface area contributed by atoms with Crippen LogP contribution < -0.4 is 9.47 Å². The molecule has 1 unspecified atom stereocenters. The SMILES string of the molecule is CC(Oc1c(F)c(F)c(F)c(F)c1F)C(=O)Oc1ccc2c(Cc3ccccc3)noc2c1. The summed E-state index contributed by atoms with van der Waals surface area (Å²) in [6, 6.07) is 14.0. The van der Waals surface area contributed by atoms with Crippen molar-refractivity contribution in [3.63, 3.8) is 0 Å². The number of aromatic nitrogens is 1. The molecule has 33 heavy (non-hydrogen) atoms. The Morgan fingerprint density at radius 1 is 0.939 bits per heavy atom. The van der Waals surface area contributed by atoms with Crippen LogP contribution in [0.15, 0.2) is 53.1 Å². The second-order valence-corrected chi connectivity index (χ2v) is 7.03. The highest BCUT2D eigenvalue weighted by molar-refractivity contribution is 5.83. The molecule has 0 aliphatic rings. The molecule has 0 radical (unpaired) electrons. The molecule has 0 fully saturated rings. The summed E-state index contributed by atoms with van der Waals surface area (Å²) in [6.07, 6.45) is -1.18. The normalized spacial score (nSPS) is 12.1. The van der Waals surface area contributed by atoms with E-state index in [-0.39, 0.29) is 5.75 Å².